The third-order valence-electron chi connectivity index (χ3n) is 4.74. The average Bonchev–Trinajstić information content (AvgIpc) is 3.27. The second kappa shape index (κ2) is 5.70. The molecule has 1 amide bonds. The van der Waals surface area contributed by atoms with E-state index in [9.17, 15) is 4.79 Å². The first-order valence-corrected chi connectivity index (χ1v) is 8.06. The van der Waals surface area contributed by atoms with Gasteiger partial charge in [0.1, 0.15) is 11.3 Å². The lowest BCUT2D eigenvalue weighted by molar-refractivity contribution is -0.126. The Kier molecular flexibility index (Phi) is 3.53. The second-order valence-corrected chi connectivity index (χ2v) is 6.11. The number of amides is 1. The van der Waals surface area contributed by atoms with Crippen molar-refractivity contribution in [2.24, 2.45) is 0 Å². The molecule has 0 aliphatic carbocycles. The van der Waals surface area contributed by atoms with Crippen LogP contribution in [0.4, 0.5) is 5.69 Å². The van der Waals surface area contributed by atoms with Crippen LogP contribution in [0.2, 0.25) is 0 Å². The van der Waals surface area contributed by atoms with Gasteiger partial charge in [0.05, 0.1) is 6.61 Å². The number of benzene rings is 1. The molecule has 0 saturated carbocycles. The van der Waals surface area contributed by atoms with Crippen molar-refractivity contribution in [3.8, 4) is 5.75 Å². The highest BCUT2D eigenvalue weighted by Gasteiger charge is 2.42. The molecule has 2 aliphatic rings. The smallest absolute Gasteiger partial charge is 0.252 e. The Labute approximate surface area is 134 Å². The summed E-state index contributed by atoms with van der Waals surface area (Å²) in [6.45, 7) is 2.34. The summed E-state index contributed by atoms with van der Waals surface area (Å²) in [5.41, 5.74) is 1.36. The van der Waals surface area contributed by atoms with Gasteiger partial charge in [-0.25, -0.2) is 0 Å². The number of nitrogens with zero attached hydrogens (tertiary/aromatic N) is 2. The number of hydrogen-bond donors (Lipinski definition) is 2. The molecule has 120 valence electrons. The summed E-state index contributed by atoms with van der Waals surface area (Å²) in [4.78, 5) is 13.1. The molecule has 1 fully saturated rings. The molecule has 0 spiro atoms. The van der Waals surface area contributed by atoms with E-state index in [2.05, 4.69) is 15.7 Å². The average molecular weight is 312 g/mol. The van der Waals surface area contributed by atoms with Gasteiger partial charge >= 0.3 is 0 Å². The summed E-state index contributed by atoms with van der Waals surface area (Å²) in [6.07, 6.45) is 5.96. The zero-order chi connectivity index (χ0) is 15.7. The molecule has 3 heterocycles. The van der Waals surface area contributed by atoms with E-state index in [1.165, 1.54) is 0 Å². The topological polar surface area (TPSA) is 68.2 Å². The van der Waals surface area contributed by atoms with E-state index in [1.807, 2.05) is 30.5 Å². The van der Waals surface area contributed by atoms with E-state index >= 15 is 0 Å². The molecule has 0 bridgehead atoms. The standard InChI is InChI=1S/C17H20N4O2/c22-16(20-14-2-3-15-13(12-14)4-11-23-15)17(5-8-18-9-6-17)21-10-1-7-19-21/h1-3,7,10,12,18H,4-6,8-9,11H2,(H,20,22). The molecule has 6 heteroatoms. The lowest BCUT2D eigenvalue weighted by atomic mass is 9.87. The number of ether oxygens (including phenoxy) is 1. The molecule has 2 N–H and O–H groups in total. The third kappa shape index (κ3) is 2.49. The van der Waals surface area contributed by atoms with Gasteiger partial charge in [0.15, 0.2) is 0 Å². The van der Waals surface area contributed by atoms with Crippen molar-refractivity contribution < 1.29 is 9.53 Å². The highest BCUT2D eigenvalue weighted by atomic mass is 16.5. The Bertz CT molecular complexity index is 705. The predicted molar refractivity (Wildman–Crippen MR) is 86.6 cm³/mol. The Hall–Kier alpha value is -2.34. The van der Waals surface area contributed by atoms with Crippen molar-refractivity contribution in [2.75, 3.05) is 25.0 Å². The van der Waals surface area contributed by atoms with Crippen LogP contribution in [-0.2, 0) is 16.8 Å². The van der Waals surface area contributed by atoms with Crippen LogP contribution in [-0.4, -0.2) is 35.4 Å². The van der Waals surface area contributed by atoms with E-state index in [-0.39, 0.29) is 5.91 Å². The van der Waals surface area contributed by atoms with Crippen LogP contribution in [0.3, 0.4) is 0 Å². The molecule has 1 aromatic carbocycles. The van der Waals surface area contributed by atoms with Crippen LogP contribution in [0.5, 0.6) is 5.75 Å². The lowest BCUT2D eigenvalue weighted by Crippen LogP contribution is -2.52. The Morgan fingerprint density at radius 3 is 3.00 bits per heavy atom. The van der Waals surface area contributed by atoms with Gasteiger partial charge in [-0.2, -0.15) is 5.10 Å². The molecule has 4 rings (SSSR count). The molecule has 1 aromatic heterocycles. The fourth-order valence-corrected chi connectivity index (χ4v) is 3.43. The van der Waals surface area contributed by atoms with E-state index < -0.39 is 5.54 Å². The Morgan fingerprint density at radius 1 is 1.35 bits per heavy atom. The van der Waals surface area contributed by atoms with Crippen molar-refractivity contribution in [3.63, 3.8) is 0 Å². The molecule has 6 nitrogen and oxygen atoms in total. The lowest BCUT2D eigenvalue weighted by Gasteiger charge is -2.36. The maximum absolute atomic E-state index is 13.1. The number of anilines is 1. The van der Waals surface area contributed by atoms with Gasteiger partial charge in [-0.15, -0.1) is 0 Å². The highest BCUT2D eigenvalue weighted by Crippen LogP contribution is 2.31. The largest absolute Gasteiger partial charge is 0.493 e. The SMILES string of the molecule is O=C(Nc1ccc2c(c1)CCO2)C1(n2cccn2)CCNCC1. The third-order valence-corrected chi connectivity index (χ3v) is 4.74. The highest BCUT2D eigenvalue weighted by molar-refractivity contribution is 5.97. The van der Waals surface area contributed by atoms with Crippen molar-refractivity contribution >= 4 is 11.6 Å². The fraction of sp³-hybridized carbons (Fsp3) is 0.412. The maximum atomic E-state index is 13.1. The molecule has 2 aliphatic heterocycles. The summed E-state index contributed by atoms with van der Waals surface area (Å²) in [5.74, 6) is 0.924. The zero-order valence-corrected chi connectivity index (χ0v) is 12.9. The molecule has 0 unspecified atom stereocenters. The van der Waals surface area contributed by atoms with Gasteiger partial charge < -0.3 is 15.4 Å². The fourth-order valence-electron chi connectivity index (χ4n) is 3.43. The van der Waals surface area contributed by atoms with Crippen LogP contribution in [0.25, 0.3) is 0 Å². The quantitative estimate of drug-likeness (QED) is 0.902. The van der Waals surface area contributed by atoms with Crippen LogP contribution in [0.1, 0.15) is 18.4 Å². The number of aromatic nitrogens is 2. The van der Waals surface area contributed by atoms with Crippen LogP contribution < -0.4 is 15.4 Å². The summed E-state index contributed by atoms with van der Waals surface area (Å²) >= 11 is 0. The molecule has 1 saturated heterocycles. The normalized spacial score (nSPS) is 19.0. The number of piperidine rings is 1. The molecular weight excluding hydrogens is 292 g/mol. The number of rotatable bonds is 3. The first kappa shape index (κ1) is 14.3. The van der Waals surface area contributed by atoms with Gasteiger partial charge in [-0.05, 0) is 55.8 Å². The summed E-state index contributed by atoms with van der Waals surface area (Å²) in [7, 11) is 0. The minimum atomic E-state index is -0.621. The van der Waals surface area contributed by atoms with Crippen LogP contribution in [0, 0.1) is 0 Å². The van der Waals surface area contributed by atoms with E-state index in [4.69, 9.17) is 4.74 Å². The van der Waals surface area contributed by atoms with E-state index in [0.29, 0.717) is 0 Å². The zero-order valence-electron chi connectivity index (χ0n) is 12.9. The Balaban J connectivity index is 1.61. The van der Waals surface area contributed by atoms with Crippen molar-refractivity contribution in [2.45, 2.75) is 24.8 Å². The van der Waals surface area contributed by atoms with E-state index in [0.717, 1.165) is 56.0 Å². The summed E-state index contributed by atoms with van der Waals surface area (Å²) in [6, 6.07) is 7.71. The van der Waals surface area contributed by atoms with Gasteiger partial charge in [0.25, 0.3) is 5.91 Å². The summed E-state index contributed by atoms with van der Waals surface area (Å²) in [5, 5.41) is 10.7. The molecule has 2 aromatic rings. The first-order chi connectivity index (χ1) is 11.3. The van der Waals surface area contributed by atoms with Gasteiger partial charge in [-0.3, -0.25) is 9.48 Å². The van der Waals surface area contributed by atoms with Crippen LogP contribution in [0.15, 0.2) is 36.7 Å². The predicted octanol–water partition coefficient (Wildman–Crippen LogP) is 1.54. The number of nitrogens with one attached hydrogen (secondary N) is 2. The van der Waals surface area contributed by atoms with Gasteiger partial charge in [0.2, 0.25) is 0 Å². The summed E-state index contributed by atoms with van der Waals surface area (Å²) < 4.78 is 7.32. The minimum absolute atomic E-state index is 0.00145. The second-order valence-electron chi connectivity index (χ2n) is 6.11. The molecule has 0 atom stereocenters. The van der Waals surface area contributed by atoms with E-state index in [1.54, 1.807) is 10.9 Å². The van der Waals surface area contributed by atoms with Gasteiger partial charge in [-0.1, -0.05) is 0 Å². The first-order valence-electron chi connectivity index (χ1n) is 8.06. The number of carbonyl (C=O) groups is 1. The number of fused-ring (bicyclic) bond motifs is 1. The number of carbonyl (C=O) groups excluding carboxylic acids is 1. The monoisotopic (exact) mass is 312 g/mol. The molecule has 23 heavy (non-hydrogen) atoms. The molecule has 0 radical (unpaired) electrons. The van der Waals surface area contributed by atoms with Crippen LogP contribution >= 0.6 is 0 Å². The van der Waals surface area contributed by atoms with Crippen molar-refractivity contribution in [3.05, 3.63) is 42.2 Å². The van der Waals surface area contributed by atoms with Crippen molar-refractivity contribution in [1.82, 2.24) is 15.1 Å². The van der Waals surface area contributed by atoms with Crippen molar-refractivity contribution in [1.29, 1.82) is 0 Å². The molecular formula is C17H20N4O2. The Morgan fingerprint density at radius 2 is 2.22 bits per heavy atom. The maximum Gasteiger partial charge on any atom is 0.252 e. The van der Waals surface area contributed by atoms with Gasteiger partial charge in [0, 0.05) is 24.5 Å². The minimum Gasteiger partial charge on any atom is -0.493 e. The number of hydrogen-bond acceptors (Lipinski definition) is 4.